The summed E-state index contributed by atoms with van der Waals surface area (Å²) in [6, 6.07) is 13.2. The van der Waals surface area contributed by atoms with Crippen molar-refractivity contribution in [1.29, 1.82) is 0 Å². The lowest BCUT2D eigenvalue weighted by molar-refractivity contribution is 0.0953. The molecule has 5 nitrogen and oxygen atoms in total. The molecular formula is C20H17F2N3O2. The normalized spacial score (nSPS) is 16.3. The van der Waals surface area contributed by atoms with Crippen molar-refractivity contribution in [2.75, 3.05) is 11.4 Å². The number of nitrogens with zero attached hydrogens (tertiary/aromatic N) is 3. The number of ether oxygens (including phenoxy) is 1. The first-order valence-corrected chi connectivity index (χ1v) is 8.55. The fraction of sp³-hybridized carbons (Fsp3) is 0.200. The Kier molecular flexibility index (Phi) is 4.35. The SMILES string of the molecule is C[C@H]1CN(c2ccc(F)cc2)C(=O)c2cc(COc3ccc(F)cc3)nn21. The van der Waals surface area contributed by atoms with Crippen molar-refractivity contribution < 1.29 is 18.3 Å². The molecule has 138 valence electrons. The predicted molar refractivity (Wildman–Crippen MR) is 95.7 cm³/mol. The van der Waals surface area contributed by atoms with Crippen LogP contribution in [-0.4, -0.2) is 22.2 Å². The van der Waals surface area contributed by atoms with Gasteiger partial charge in [0.2, 0.25) is 0 Å². The van der Waals surface area contributed by atoms with E-state index in [-0.39, 0.29) is 30.2 Å². The maximum atomic E-state index is 13.2. The van der Waals surface area contributed by atoms with Crippen LogP contribution in [0, 0.1) is 11.6 Å². The van der Waals surface area contributed by atoms with E-state index in [1.165, 1.54) is 36.4 Å². The number of anilines is 1. The fourth-order valence-corrected chi connectivity index (χ4v) is 3.11. The van der Waals surface area contributed by atoms with Gasteiger partial charge in [0, 0.05) is 12.2 Å². The number of carbonyl (C=O) groups excluding carboxylic acids is 1. The van der Waals surface area contributed by atoms with Crippen molar-refractivity contribution in [3.05, 3.63) is 77.6 Å². The van der Waals surface area contributed by atoms with Gasteiger partial charge in [-0.25, -0.2) is 8.78 Å². The molecule has 0 saturated heterocycles. The van der Waals surface area contributed by atoms with Crippen LogP contribution in [0.5, 0.6) is 5.75 Å². The molecule has 0 bridgehead atoms. The van der Waals surface area contributed by atoms with Gasteiger partial charge in [0.15, 0.2) is 0 Å². The van der Waals surface area contributed by atoms with Crippen LogP contribution in [0.15, 0.2) is 54.6 Å². The summed E-state index contributed by atoms with van der Waals surface area (Å²) in [6.07, 6.45) is 0. The summed E-state index contributed by atoms with van der Waals surface area (Å²) in [5.74, 6) is -0.350. The van der Waals surface area contributed by atoms with Crippen molar-refractivity contribution in [3.63, 3.8) is 0 Å². The Morgan fingerprint density at radius 1 is 1.07 bits per heavy atom. The first-order valence-electron chi connectivity index (χ1n) is 8.55. The quantitative estimate of drug-likeness (QED) is 0.699. The number of aromatic nitrogens is 2. The highest BCUT2D eigenvalue weighted by Crippen LogP contribution is 2.27. The van der Waals surface area contributed by atoms with Crippen molar-refractivity contribution in [2.45, 2.75) is 19.6 Å². The van der Waals surface area contributed by atoms with E-state index in [4.69, 9.17) is 4.74 Å². The Hall–Kier alpha value is -3.22. The molecule has 7 heteroatoms. The number of benzene rings is 2. The van der Waals surface area contributed by atoms with Gasteiger partial charge in [-0.05, 0) is 61.5 Å². The summed E-state index contributed by atoms with van der Waals surface area (Å²) in [6.45, 7) is 2.57. The van der Waals surface area contributed by atoms with Gasteiger partial charge >= 0.3 is 0 Å². The fourth-order valence-electron chi connectivity index (χ4n) is 3.11. The summed E-state index contributed by atoms with van der Waals surface area (Å²) < 4.78 is 33.4. The van der Waals surface area contributed by atoms with Gasteiger partial charge in [-0.2, -0.15) is 5.10 Å². The van der Waals surface area contributed by atoms with Gasteiger partial charge in [-0.1, -0.05) is 0 Å². The molecule has 1 atom stereocenters. The molecule has 0 aliphatic carbocycles. The monoisotopic (exact) mass is 369 g/mol. The summed E-state index contributed by atoms with van der Waals surface area (Å²) in [5, 5.41) is 4.47. The van der Waals surface area contributed by atoms with E-state index in [1.54, 1.807) is 27.8 Å². The van der Waals surface area contributed by atoms with Crippen LogP contribution in [-0.2, 0) is 6.61 Å². The number of amides is 1. The average Bonchev–Trinajstić information content (AvgIpc) is 3.10. The molecule has 1 amide bonds. The molecule has 2 heterocycles. The second-order valence-electron chi connectivity index (χ2n) is 6.45. The summed E-state index contributed by atoms with van der Waals surface area (Å²) in [4.78, 5) is 14.5. The highest BCUT2D eigenvalue weighted by atomic mass is 19.1. The minimum atomic E-state index is -0.346. The zero-order valence-corrected chi connectivity index (χ0v) is 14.6. The molecule has 1 aliphatic rings. The van der Waals surface area contributed by atoms with E-state index in [9.17, 15) is 13.6 Å². The summed E-state index contributed by atoms with van der Waals surface area (Å²) in [7, 11) is 0. The lowest BCUT2D eigenvalue weighted by Crippen LogP contribution is -2.42. The first-order chi connectivity index (χ1) is 13.0. The van der Waals surface area contributed by atoms with Crippen LogP contribution in [0.25, 0.3) is 0 Å². The molecule has 2 aromatic carbocycles. The van der Waals surface area contributed by atoms with Gasteiger partial charge in [-0.15, -0.1) is 0 Å². The van der Waals surface area contributed by atoms with Crippen molar-refractivity contribution in [1.82, 2.24) is 9.78 Å². The second kappa shape index (κ2) is 6.83. The lowest BCUT2D eigenvalue weighted by Gasteiger charge is -2.31. The van der Waals surface area contributed by atoms with Crippen LogP contribution in [0.2, 0.25) is 0 Å². The molecule has 0 N–H and O–H groups in total. The van der Waals surface area contributed by atoms with Crippen molar-refractivity contribution in [3.8, 4) is 5.75 Å². The predicted octanol–water partition coefficient (Wildman–Crippen LogP) is 3.96. The third kappa shape index (κ3) is 3.40. The van der Waals surface area contributed by atoms with Crippen LogP contribution < -0.4 is 9.64 Å². The summed E-state index contributed by atoms with van der Waals surface area (Å²) in [5.41, 5.74) is 1.70. The Labute approximate surface area is 154 Å². The van der Waals surface area contributed by atoms with E-state index in [1.807, 2.05) is 6.92 Å². The smallest absolute Gasteiger partial charge is 0.276 e. The second-order valence-corrected chi connectivity index (χ2v) is 6.45. The topological polar surface area (TPSA) is 47.4 Å². The minimum Gasteiger partial charge on any atom is -0.487 e. The van der Waals surface area contributed by atoms with Gasteiger partial charge < -0.3 is 9.64 Å². The molecule has 3 aromatic rings. The number of rotatable bonds is 4. The van der Waals surface area contributed by atoms with E-state index in [0.29, 0.717) is 29.4 Å². The van der Waals surface area contributed by atoms with E-state index in [2.05, 4.69) is 5.10 Å². The van der Waals surface area contributed by atoms with Crippen molar-refractivity contribution >= 4 is 11.6 Å². The van der Waals surface area contributed by atoms with Gasteiger partial charge in [0.1, 0.15) is 35.4 Å². The minimum absolute atomic E-state index is 0.0395. The van der Waals surface area contributed by atoms with Gasteiger partial charge in [-0.3, -0.25) is 9.48 Å². The summed E-state index contributed by atoms with van der Waals surface area (Å²) >= 11 is 0. The van der Waals surface area contributed by atoms with Crippen molar-refractivity contribution in [2.24, 2.45) is 0 Å². The molecule has 1 aliphatic heterocycles. The molecule has 27 heavy (non-hydrogen) atoms. The largest absolute Gasteiger partial charge is 0.487 e. The van der Waals surface area contributed by atoms with Crippen LogP contribution >= 0.6 is 0 Å². The number of halogens is 2. The Morgan fingerprint density at radius 2 is 1.70 bits per heavy atom. The molecule has 0 radical (unpaired) electrons. The Balaban J connectivity index is 1.54. The van der Waals surface area contributed by atoms with Gasteiger partial charge in [0.05, 0.1) is 6.04 Å². The number of fused-ring (bicyclic) bond motifs is 1. The Morgan fingerprint density at radius 3 is 2.37 bits per heavy atom. The van der Waals surface area contributed by atoms with E-state index in [0.717, 1.165) is 0 Å². The van der Waals surface area contributed by atoms with E-state index >= 15 is 0 Å². The number of carbonyl (C=O) groups is 1. The highest BCUT2D eigenvalue weighted by molar-refractivity contribution is 6.05. The maximum absolute atomic E-state index is 13.2. The molecule has 0 unspecified atom stereocenters. The number of hydrogen-bond acceptors (Lipinski definition) is 3. The zero-order valence-electron chi connectivity index (χ0n) is 14.6. The molecule has 0 fully saturated rings. The Bertz CT molecular complexity index is 968. The lowest BCUT2D eigenvalue weighted by atomic mass is 10.1. The average molecular weight is 369 g/mol. The van der Waals surface area contributed by atoms with Crippen LogP contribution in [0.3, 0.4) is 0 Å². The molecule has 0 spiro atoms. The maximum Gasteiger partial charge on any atom is 0.276 e. The first kappa shape index (κ1) is 17.2. The van der Waals surface area contributed by atoms with Gasteiger partial charge in [0.25, 0.3) is 5.91 Å². The molecular weight excluding hydrogens is 352 g/mol. The number of hydrogen-bond donors (Lipinski definition) is 0. The van der Waals surface area contributed by atoms with Crippen LogP contribution in [0.4, 0.5) is 14.5 Å². The van der Waals surface area contributed by atoms with E-state index < -0.39 is 0 Å². The third-order valence-corrected chi connectivity index (χ3v) is 4.45. The highest BCUT2D eigenvalue weighted by Gasteiger charge is 2.31. The molecule has 0 saturated carbocycles. The third-order valence-electron chi connectivity index (χ3n) is 4.45. The molecule has 4 rings (SSSR count). The zero-order chi connectivity index (χ0) is 19.0. The molecule has 1 aromatic heterocycles. The van der Waals surface area contributed by atoms with Crippen LogP contribution in [0.1, 0.15) is 29.1 Å². The standard InChI is InChI=1S/C20H17F2N3O2/c1-13-11-24(17-6-2-14(21)3-7-17)20(26)19-10-16(23-25(13)19)12-27-18-8-4-15(22)5-9-18/h2-10,13H,11-12H2,1H3/t13-/m0/s1.